The van der Waals surface area contributed by atoms with Crippen molar-refractivity contribution in [1.29, 1.82) is 0 Å². The van der Waals surface area contributed by atoms with E-state index in [-0.39, 0.29) is 17.7 Å². The molecule has 2 aromatic heterocycles. The molecule has 0 bridgehead atoms. The van der Waals surface area contributed by atoms with Crippen LogP contribution in [-0.2, 0) is 22.7 Å². The molecule has 2 amide bonds. The highest BCUT2D eigenvalue weighted by molar-refractivity contribution is 5.94. The molecule has 3 rings (SSSR count). The molecule has 3 heterocycles. The fraction of sp³-hybridized carbons (Fsp3) is 0.400. The number of hydrogen-bond donors (Lipinski definition) is 3. The van der Waals surface area contributed by atoms with Crippen LogP contribution in [-0.4, -0.2) is 93.3 Å². The molecule has 18 heteroatoms. The van der Waals surface area contributed by atoms with E-state index in [4.69, 9.17) is 24.2 Å². The topological polar surface area (TPSA) is 166 Å². The van der Waals surface area contributed by atoms with Crippen LogP contribution >= 0.6 is 0 Å². The van der Waals surface area contributed by atoms with E-state index in [1.807, 2.05) is 19.0 Å². The first kappa shape index (κ1) is 31.8. The Bertz CT molecular complexity index is 1070. The molecule has 0 aromatic carbocycles. The summed E-state index contributed by atoms with van der Waals surface area (Å²) in [6.07, 6.45) is -7.02. The van der Waals surface area contributed by atoms with Crippen molar-refractivity contribution >= 4 is 23.8 Å². The second-order valence-electron chi connectivity index (χ2n) is 7.46. The van der Waals surface area contributed by atoms with Crippen LogP contribution in [0.1, 0.15) is 32.5 Å². The van der Waals surface area contributed by atoms with Gasteiger partial charge in [-0.3, -0.25) is 14.6 Å². The normalized spacial score (nSPS) is 12.5. The zero-order valence-electron chi connectivity index (χ0n) is 19.6. The Balaban J connectivity index is 0.000000426. The zero-order chi connectivity index (χ0) is 29.3. The number of aromatic nitrogens is 2. The molecule has 38 heavy (non-hydrogen) atoms. The maximum absolute atomic E-state index is 12.4. The average Bonchev–Trinajstić information content (AvgIpc) is 3.38. The second kappa shape index (κ2) is 13.4. The van der Waals surface area contributed by atoms with Crippen molar-refractivity contribution in [2.24, 2.45) is 0 Å². The quantitative estimate of drug-likeness (QED) is 0.462. The highest BCUT2D eigenvalue weighted by Gasteiger charge is 2.39. The van der Waals surface area contributed by atoms with E-state index in [0.29, 0.717) is 36.7 Å². The van der Waals surface area contributed by atoms with Gasteiger partial charge in [0.25, 0.3) is 11.8 Å². The van der Waals surface area contributed by atoms with Crippen LogP contribution in [0.25, 0.3) is 0 Å². The van der Waals surface area contributed by atoms with Gasteiger partial charge >= 0.3 is 30.2 Å². The molecular weight excluding hydrogens is 536 g/mol. The van der Waals surface area contributed by atoms with Crippen LogP contribution in [0.15, 0.2) is 28.9 Å². The van der Waals surface area contributed by atoms with Gasteiger partial charge in [0, 0.05) is 25.5 Å². The number of halogens is 6. The van der Waals surface area contributed by atoms with Crippen molar-refractivity contribution in [3.8, 4) is 0 Å². The van der Waals surface area contributed by atoms with Gasteiger partial charge in [-0.2, -0.15) is 26.3 Å². The smallest absolute Gasteiger partial charge is 0.475 e. The Hall–Kier alpha value is -4.22. The molecule has 0 radical (unpaired) electrons. The summed E-state index contributed by atoms with van der Waals surface area (Å²) in [6.45, 7) is 1.89. The highest BCUT2D eigenvalue weighted by atomic mass is 19.4. The summed E-state index contributed by atoms with van der Waals surface area (Å²) in [5.41, 5.74) is 1.15. The van der Waals surface area contributed by atoms with E-state index >= 15 is 0 Å². The zero-order valence-corrected chi connectivity index (χ0v) is 19.6. The summed E-state index contributed by atoms with van der Waals surface area (Å²) in [4.78, 5) is 53.9. The van der Waals surface area contributed by atoms with Gasteiger partial charge in [-0.05, 0) is 26.2 Å². The van der Waals surface area contributed by atoms with Crippen molar-refractivity contribution < 1.29 is 60.2 Å². The Morgan fingerprint density at radius 1 is 1.05 bits per heavy atom. The number of fused-ring (bicyclic) bond motifs is 1. The maximum atomic E-state index is 12.4. The SMILES string of the molecule is CN(C)CCNC(=O)c1nc2c(o1)CN(C(=O)c1cccnc1)C2.O=C(O)C(F)(F)F.O=C(O)C(F)(F)F. The van der Waals surface area contributed by atoms with Gasteiger partial charge in [0.15, 0.2) is 0 Å². The van der Waals surface area contributed by atoms with Crippen LogP contribution in [0.2, 0.25) is 0 Å². The number of rotatable bonds is 5. The Morgan fingerprint density at radius 3 is 2.03 bits per heavy atom. The predicted molar refractivity (Wildman–Crippen MR) is 113 cm³/mol. The first-order valence-corrected chi connectivity index (χ1v) is 10.1. The van der Waals surface area contributed by atoms with Gasteiger partial charge < -0.3 is 29.7 Å². The molecule has 2 aromatic rings. The minimum absolute atomic E-state index is 0.0484. The molecule has 1 aliphatic heterocycles. The number of carboxylic acids is 2. The highest BCUT2D eigenvalue weighted by Crippen LogP contribution is 2.24. The Labute approximate surface area is 209 Å². The lowest BCUT2D eigenvalue weighted by Crippen LogP contribution is -2.31. The van der Waals surface area contributed by atoms with E-state index in [1.165, 1.54) is 6.20 Å². The molecule has 1 aliphatic rings. The van der Waals surface area contributed by atoms with E-state index in [0.717, 1.165) is 6.54 Å². The molecule has 12 nitrogen and oxygen atoms in total. The number of nitrogens with zero attached hydrogens (tertiary/aromatic N) is 4. The third-order valence-electron chi connectivity index (χ3n) is 4.17. The third kappa shape index (κ3) is 10.4. The monoisotopic (exact) mass is 557 g/mol. The molecule has 0 spiro atoms. The third-order valence-corrected chi connectivity index (χ3v) is 4.17. The second-order valence-corrected chi connectivity index (χ2v) is 7.46. The molecule has 0 fully saturated rings. The van der Waals surface area contributed by atoms with Crippen molar-refractivity contribution in [3.05, 3.63) is 47.4 Å². The van der Waals surface area contributed by atoms with Gasteiger partial charge in [0.1, 0.15) is 11.5 Å². The molecule has 0 atom stereocenters. The average molecular weight is 557 g/mol. The summed E-state index contributed by atoms with van der Waals surface area (Å²) in [5, 5.41) is 17.0. The number of amides is 2. The molecule has 210 valence electrons. The van der Waals surface area contributed by atoms with Crippen molar-refractivity contribution in [3.63, 3.8) is 0 Å². The lowest BCUT2D eigenvalue weighted by molar-refractivity contribution is -0.193. The van der Waals surface area contributed by atoms with Crippen molar-refractivity contribution in [1.82, 2.24) is 25.1 Å². The minimum Gasteiger partial charge on any atom is -0.475 e. The van der Waals surface area contributed by atoms with Crippen LogP contribution in [0.4, 0.5) is 26.3 Å². The predicted octanol–water partition coefficient (Wildman–Crippen LogP) is 1.78. The summed E-state index contributed by atoms with van der Waals surface area (Å²) in [5.74, 6) is -5.37. The van der Waals surface area contributed by atoms with Gasteiger partial charge in [-0.15, -0.1) is 0 Å². The number of aliphatic carboxylic acids is 2. The Kier molecular flexibility index (Phi) is 11.2. The number of carbonyl (C=O) groups excluding carboxylic acids is 2. The standard InChI is InChI=1S/C16H19N5O3.2C2HF3O2/c1-20(2)7-6-18-14(22)15-19-12-9-21(10-13(12)24-15)16(23)11-4-3-5-17-8-11;2*3-2(4,5)1(6)7/h3-5,8H,6-7,9-10H2,1-2H3,(H,18,22);2*(H,6,7). The number of alkyl halides is 6. The minimum atomic E-state index is -5.08. The fourth-order valence-corrected chi connectivity index (χ4v) is 2.42. The summed E-state index contributed by atoms with van der Waals surface area (Å²) in [7, 11) is 3.86. The molecule has 0 aliphatic carbocycles. The van der Waals surface area contributed by atoms with E-state index in [1.54, 1.807) is 23.2 Å². The van der Waals surface area contributed by atoms with Crippen LogP contribution < -0.4 is 5.32 Å². The number of oxazole rings is 1. The lowest BCUT2D eigenvalue weighted by atomic mass is 10.2. The number of nitrogens with one attached hydrogen (secondary N) is 1. The number of carbonyl (C=O) groups is 4. The van der Waals surface area contributed by atoms with Crippen molar-refractivity contribution in [2.75, 3.05) is 27.2 Å². The first-order valence-electron chi connectivity index (χ1n) is 10.1. The lowest BCUT2D eigenvalue weighted by Gasteiger charge is -2.14. The van der Waals surface area contributed by atoms with Gasteiger partial charge in [-0.25, -0.2) is 14.6 Å². The summed E-state index contributed by atoms with van der Waals surface area (Å²) < 4.78 is 69.0. The number of carboxylic acid groups (broad SMARTS) is 2. The van der Waals surface area contributed by atoms with Gasteiger partial charge in [0.05, 0.1) is 18.7 Å². The van der Waals surface area contributed by atoms with E-state index in [2.05, 4.69) is 15.3 Å². The van der Waals surface area contributed by atoms with Crippen LogP contribution in [0, 0.1) is 0 Å². The summed E-state index contributed by atoms with van der Waals surface area (Å²) in [6, 6.07) is 3.43. The number of pyridine rings is 1. The van der Waals surface area contributed by atoms with Crippen molar-refractivity contribution in [2.45, 2.75) is 25.4 Å². The molecule has 0 saturated heterocycles. The van der Waals surface area contributed by atoms with Crippen LogP contribution in [0.3, 0.4) is 0 Å². The van der Waals surface area contributed by atoms with Crippen LogP contribution in [0.5, 0.6) is 0 Å². The van der Waals surface area contributed by atoms with Gasteiger partial charge in [0.2, 0.25) is 0 Å². The molecule has 0 saturated carbocycles. The van der Waals surface area contributed by atoms with Gasteiger partial charge in [-0.1, -0.05) is 0 Å². The number of likely N-dealkylation sites (N-methyl/N-ethyl adjacent to an activating group) is 1. The van der Waals surface area contributed by atoms with E-state index in [9.17, 15) is 35.9 Å². The van der Waals surface area contributed by atoms with E-state index < -0.39 is 24.3 Å². The number of hydrogen-bond acceptors (Lipinski definition) is 8. The fourth-order valence-electron chi connectivity index (χ4n) is 2.42. The molecular formula is C20H21F6N5O7. The molecule has 0 unspecified atom stereocenters. The maximum Gasteiger partial charge on any atom is 0.490 e. The summed E-state index contributed by atoms with van der Waals surface area (Å²) >= 11 is 0. The largest absolute Gasteiger partial charge is 0.490 e. The first-order chi connectivity index (χ1) is 17.4. The Morgan fingerprint density at radius 2 is 1.61 bits per heavy atom. The molecule has 3 N–H and O–H groups in total.